The number of ether oxygens (including phenoxy) is 1. The van der Waals surface area contributed by atoms with Gasteiger partial charge in [-0.25, -0.2) is 4.79 Å². The fourth-order valence-corrected chi connectivity index (χ4v) is 2.45. The number of carbonyl (C=O) groups is 2. The van der Waals surface area contributed by atoms with Gasteiger partial charge in [0.15, 0.2) is 5.78 Å². The second-order valence-corrected chi connectivity index (χ2v) is 5.70. The summed E-state index contributed by atoms with van der Waals surface area (Å²) in [6, 6.07) is 0. The van der Waals surface area contributed by atoms with Crippen molar-refractivity contribution in [2.75, 3.05) is 13.7 Å². The molecule has 0 aromatic rings. The molecule has 5 nitrogen and oxygen atoms in total. The van der Waals surface area contributed by atoms with Crippen LogP contribution in [0.15, 0.2) is 35.5 Å². The van der Waals surface area contributed by atoms with Gasteiger partial charge in [-0.2, -0.15) is 0 Å². The minimum atomic E-state index is -1.44. The van der Waals surface area contributed by atoms with Gasteiger partial charge in [-0.1, -0.05) is 13.0 Å². The monoisotopic (exact) mass is 294 g/mol. The number of ketones is 1. The van der Waals surface area contributed by atoms with Gasteiger partial charge in [-0.3, -0.25) is 4.79 Å². The van der Waals surface area contributed by atoms with E-state index in [1.54, 1.807) is 26.8 Å². The van der Waals surface area contributed by atoms with Crippen LogP contribution in [0.3, 0.4) is 0 Å². The first-order valence-corrected chi connectivity index (χ1v) is 6.69. The number of esters is 1. The van der Waals surface area contributed by atoms with E-state index in [2.05, 4.69) is 4.74 Å². The number of hydrogen-bond donors (Lipinski definition) is 2. The minimum absolute atomic E-state index is 0.0570. The Morgan fingerprint density at radius 1 is 1.52 bits per heavy atom. The number of carbonyl (C=O) groups excluding carboxylic acids is 2. The van der Waals surface area contributed by atoms with Gasteiger partial charge >= 0.3 is 5.97 Å². The molecule has 0 aromatic heterocycles. The average molecular weight is 294 g/mol. The molecule has 21 heavy (non-hydrogen) atoms. The maximum absolute atomic E-state index is 11.7. The lowest BCUT2D eigenvalue weighted by Gasteiger charge is -2.45. The molecule has 0 aliphatic heterocycles. The number of aliphatic hydroxyl groups is 2. The van der Waals surface area contributed by atoms with E-state index in [1.165, 1.54) is 25.3 Å². The highest BCUT2D eigenvalue weighted by Crippen LogP contribution is 2.44. The van der Waals surface area contributed by atoms with Gasteiger partial charge in [-0.15, -0.1) is 0 Å². The highest BCUT2D eigenvalue weighted by molar-refractivity contribution is 5.93. The second kappa shape index (κ2) is 6.37. The maximum atomic E-state index is 11.7. The fourth-order valence-electron chi connectivity index (χ4n) is 2.45. The van der Waals surface area contributed by atoms with Gasteiger partial charge in [0.2, 0.25) is 0 Å². The molecular formula is C16H22O5. The number of methoxy groups -OCH3 is 1. The van der Waals surface area contributed by atoms with Crippen LogP contribution in [0, 0.1) is 5.41 Å². The second-order valence-electron chi connectivity index (χ2n) is 5.70. The Hall–Kier alpha value is -1.72. The quantitative estimate of drug-likeness (QED) is 0.464. The molecule has 0 heterocycles. The maximum Gasteiger partial charge on any atom is 0.330 e. The topological polar surface area (TPSA) is 83.8 Å². The Morgan fingerprint density at radius 3 is 2.67 bits per heavy atom. The molecule has 0 amide bonds. The Balaban J connectivity index is 3.17. The van der Waals surface area contributed by atoms with Gasteiger partial charge in [0.25, 0.3) is 0 Å². The Kier molecular flexibility index (Phi) is 5.25. The van der Waals surface area contributed by atoms with Gasteiger partial charge < -0.3 is 14.9 Å². The predicted molar refractivity (Wildman–Crippen MR) is 78.4 cm³/mol. The Morgan fingerprint density at radius 2 is 2.14 bits per heavy atom. The van der Waals surface area contributed by atoms with Gasteiger partial charge in [0.1, 0.15) is 5.60 Å². The molecule has 0 saturated carbocycles. The van der Waals surface area contributed by atoms with Gasteiger partial charge in [0.05, 0.1) is 13.7 Å². The molecule has 1 aliphatic rings. The molecule has 0 unspecified atom stereocenters. The number of aliphatic hydroxyl groups excluding tert-OH is 1. The summed E-state index contributed by atoms with van der Waals surface area (Å²) in [4.78, 5) is 22.8. The van der Waals surface area contributed by atoms with E-state index < -0.39 is 17.0 Å². The molecule has 2 atom stereocenters. The van der Waals surface area contributed by atoms with Crippen molar-refractivity contribution in [1.82, 2.24) is 0 Å². The summed E-state index contributed by atoms with van der Waals surface area (Å²) in [6.07, 6.45) is 5.83. The number of allylic oxidation sites excluding steroid dienone is 3. The van der Waals surface area contributed by atoms with E-state index in [-0.39, 0.29) is 18.8 Å². The van der Waals surface area contributed by atoms with Crippen LogP contribution in [0.25, 0.3) is 0 Å². The SMILES string of the molecule is COC(=O)/C=C(C)\C=C\[C@@]1(O)C(C)=CC(=O)C[C@]1(C)CO. The molecule has 2 N–H and O–H groups in total. The van der Waals surface area contributed by atoms with Crippen molar-refractivity contribution in [3.63, 3.8) is 0 Å². The number of rotatable bonds is 4. The predicted octanol–water partition coefficient (Wildman–Crippen LogP) is 1.31. The summed E-state index contributed by atoms with van der Waals surface area (Å²) < 4.78 is 4.53. The molecule has 1 rings (SSSR count). The van der Waals surface area contributed by atoms with E-state index in [4.69, 9.17) is 0 Å². The molecule has 0 fully saturated rings. The van der Waals surface area contributed by atoms with Crippen molar-refractivity contribution in [3.8, 4) is 0 Å². The standard InChI is InChI=1S/C16H22O5/c1-11(7-14(19)21-4)5-6-16(20)12(2)8-13(18)9-15(16,3)10-17/h5-8,17,20H,9-10H2,1-4H3/b6-5+,11-7-/t15-,16-/m1/s1. The van der Waals surface area contributed by atoms with E-state index in [0.717, 1.165) is 0 Å². The smallest absolute Gasteiger partial charge is 0.330 e. The summed E-state index contributed by atoms with van der Waals surface area (Å²) in [5.74, 6) is -0.607. The lowest BCUT2D eigenvalue weighted by atomic mass is 9.64. The first kappa shape index (κ1) is 17.3. The van der Waals surface area contributed by atoms with Crippen molar-refractivity contribution in [3.05, 3.63) is 35.5 Å². The van der Waals surface area contributed by atoms with Crippen LogP contribution in [-0.4, -0.2) is 41.3 Å². The Labute approximate surface area is 124 Å². The van der Waals surface area contributed by atoms with Crippen molar-refractivity contribution in [1.29, 1.82) is 0 Å². The molecule has 5 heteroatoms. The summed E-state index contributed by atoms with van der Waals surface area (Å²) in [5, 5.41) is 20.5. The highest BCUT2D eigenvalue weighted by atomic mass is 16.5. The van der Waals surface area contributed by atoms with Crippen LogP contribution in [0.4, 0.5) is 0 Å². The molecule has 0 saturated heterocycles. The summed E-state index contributed by atoms with van der Waals surface area (Å²) >= 11 is 0. The highest BCUT2D eigenvalue weighted by Gasteiger charge is 2.49. The van der Waals surface area contributed by atoms with Crippen molar-refractivity contribution < 1.29 is 24.5 Å². The zero-order valence-corrected chi connectivity index (χ0v) is 12.8. The van der Waals surface area contributed by atoms with E-state index in [1.807, 2.05) is 0 Å². The molecule has 0 spiro atoms. The molecule has 1 aliphatic carbocycles. The summed E-state index contributed by atoms with van der Waals surface area (Å²) in [5.41, 5.74) is -1.37. The fraction of sp³-hybridized carbons (Fsp3) is 0.500. The van der Waals surface area contributed by atoms with Gasteiger partial charge in [0, 0.05) is 17.9 Å². The number of hydrogen-bond acceptors (Lipinski definition) is 5. The zero-order valence-electron chi connectivity index (χ0n) is 12.8. The molecule has 0 bridgehead atoms. The zero-order chi connectivity index (χ0) is 16.3. The third-order valence-electron chi connectivity index (χ3n) is 3.95. The van der Waals surface area contributed by atoms with Crippen LogP contribution >= 0.6 is 0 Å². The summed E-state index contributed by atoms with van der Waals surface area (Å²) in [6.45, 7) is 4.67. The third kappa shape index (κ3) is 3.49. The van der Waals surface area contributed by atoms with Crippen LogP contribution in [0.5, 0.6) is 0 Å². The first-order valence-electron chi connectivity index (χ1n) is 6.69. The lowest BCUT2D eigenvalue weighted by Crippen LogP contribution is -2.52. The van der Waals surface area contributed by atoms with Crippen LogP contribution < -0.4 is 0 Å². The molecule has 0 radical (unpaired) electrons. The van der Waals surface area contributed by atoms with Crippen molar-refractivity contribution in [2.45, 2.75) is 32.8 Å². The Bertz CT molecular complexity index is 529. The lowest BCUT2D eigenvalue weighted by molar-refractivity contribution is -0.134. The van der Waals surface area contributed by atoms with Crippen molar-refractivity contribution in [2.24, 2.45) is 5.41 Å². The molecular weight excluding hydrogens is 272 g/mol. The van der Waals surface area contributed by atoms with E-state index >= 15 is 0 Å². The van der Waals surface area contributed by atoms with Crippen LogP contribution in [0.1, 0.15) is 27.2 Å². The van der Waals surface area contributed by atoms with Crippen molar-refractivity contribution >= 4 is 11.8 Å². The first-order chi connectivity index (χ1) is 9.68. The van der Waals surface area contributed by atoms with Crippen LogP contribution in [0.2, 0.25) is 0 Å². The molecule has 0 aromatic carbocycles. The van der Waals surface area contributed by atoms with Crippen LogP contribution in [-0.2, 0) is 14.3 Å². The normalized spacial score (nSPS) is 30.5. The average Bonchev–Trinajstić information content (AvgIpc) is 2.42. The van der Waals surface area contributed by atoms with Gasteiger partial charge in [-0.05, 0) is 37.1 Å². The third-order valence-corrected chi connectivity index (χ3v) is 3.95. The van der Waals surface area contributed by atoms with E-state index in [0.29, 0.717) is 11.1 Å². The molecule has 116 valence electrons. The van der Waals surface area contributed by atoms with E-state index in [9.17, 15) is 19.8 Å². The minimum Gasteiger partial charge on any atom is -0.466 e. The summed E-state index contributed by atoms with van der Waals surface area (Å²) in [7, 11) is 1.28. The largest absolute Gasteiger partial charge is 0.466 e.